The van der Waals surface area contributed by atoms with Gasteiger partial charge in [0.1, 0.15) is 51.1 Å². The maximum Gasteiger partial charge on any atom is 0.309 e. The minimum Gasteiger partial charge on any atom is -0.481 e. The lowest BCUT2D eigenvalue weighted by Crippen LogP contribution is -2.62. The molecule has 0 saturated carbocycles. The van der Waals surface area contributed by atoms with Crippen LogP contribution in [-0.2, 0) is 90.6 Å². The summed E-state index contributed by atoms with van der Waals surface area (Å²) in [5, 5.41) is 46.5. The molecule has 0 aromatic carbocycles. The van der Waals surface area contributed by atoms with Gasteiger partial charge in [-0.3, -0.25) is 38.4 Å². The number of carbonyl (C=O) groups is 10. The number of aliphatic hydroxyl groups excluding tert-OH is 2. The second kappa shape index (κ2) is 32.3. The molecule has 0 radical (unpaired) electrons. The second-order valence-corrected chi connectivity index (χ2v) is 19.2. The van der Waals surface area contributed by atoms with Crippen LogP contribution in [0.15, 0.2) is 0 Å². The van der Waals surface area contributed by atoms with E-state index in [9.17, 15) is 68.4 Å². The highest BCUT2D eigenvalue weighted by Crippen LogP contribution is 2.30. The van der Waals surface area contributed by atoms with Crippen LogP contribution < -0.4 is 10.6 Å². The lowest BCUT2D eigenvalue weighted by molar-refractivity contribution is -0.248. The van der Waals surface area contributed by atoms with Crippen molar-refractivity contribution in [3.8, 4) is 0 Å². The van der Waals surface area contributed by atoms with Gasteiger partial charge in [0.05, 0.1) is 61.3 Å². The van der Waals surface area contributed by atoms with Crippen LogP contribution in [0.3, 0.4) is 0 Å². The number of amides is 2. The smallest absolute Gasteiger partial charge is 0.309 e. The van der Waals surface area contributed by atoms with Crippen molar-refractivity contribution in [2.75, 3.05) is 53.9 Å². The normalized spacial score (nSPS) is 27.0. The number of esters is 4. The van der Waals surface area contributed by atoms with E-state index in [0.717, 1.165) is 0 Å². The number of hydrogen-bond acceptors (Lipinski definition) is 21. The van der Waals surface area contributed by atoms with E-state index in [4.69, 9.17) is 42.6 Å². The predicted octanol–water partition coefficient (Wildman–Crippen LogP) is 0.449. The molecule has 25 nitrogen and oxygen atoms in total. The van der Waals surface area contributed by atoms with Crippen molar-refractivity contribution in [2.24, 2.45) is 59.2 Å². The molecule has 2 fully saturated rings. The second-order valence-electron chi connectivity index (χ2n) is 19.2. The van der Waals surface area contributed by atoms with Gasteiger partial charge in [-0.25, -0.2) is 0 Å². The molecule has 2 saturated heterocycles. The zero-order valence-corrected chi connectivity index (χ0v) is 43.9. The molecule has 0 aliphatic carbocycles. The van der Waals surface area contributed by atoms with E-state index >= 15 is 0 Å². The zero-order valence-electron chi connectivity index (χ0n) is 43.9. The Kier molecular flexibility index (Phi) is 28.3. The van der Waals surface area contributed by atoms with Crippen LogP contribution in [0.2, 0.25) is 0 Å². The fourth-order valence-corrected chi connectivity index (χ4v) is 8.05. The predicted molar refractivity (Wildman–Crippen MR) is 253 cm³/mol. The molecule has 2 amide bonds. The Bertz CT molecular complexity index is 1860. The summed E-state index contributed by atoms with van der Waals surface area (Å²) in [7, 11) is 2.59. The van der Waals surface area contributed by atoms with Gasteiger partial charge in [-0.05, 0) is 19.3 Å². The van der Waals surface area contributed by atoms with Gasteiger partial charge < -0.3 is 83.3 Å². The van der Waals surface area contributed by atoms with Gasteiger partial charge in [0.2, 0.25) is 11.8 Å². The summed E-state index contributed by atoms with van der Waals surface area (Å²) in [5.74, 6) is -15.1. The molecule has 422 valence electrons. The maximum atomic E-state index is 13.2. The third kappa shape index (κ3) is 19.8. The molecular weight excluding hydrogens is 985 g/mol. The number of methoxy groups -OCH3 is 2. The third-order valence-corrected chi connectivity index (χ3v) is 13.9. The first-order valence-corrected chi connectivity index (χ1v) is 24.8. The summed E-state index contributed by atoms with van der Waals surface area (Å²) >= 11 is 0. The van der Waals surface area contributed by atoms with Crippen LogP contribution >= 0.6 is 0 Å². The van der Waals surface area contributed by atoms with E-state index in [1.807, 2.05) is 0 Å². The first-order valence-electron chi connectivity index (χ1n) is 24.8. The Labute approximate surface area is 430 Å². The Balaban J connectivity index is 1.70. The molecule has 2 aliphatic rings. The number of aldehydes is 2. The van der Waals surface area contributed by atoms with Crippen molar-refractivity contribution < 1.29 is 111 Å². The van der Waals surface area contributed by atoms with Crippen molar-refractivity contribution in [3.05, 3.63) is 0 Å². The topological polar surface area (TPSA) is 359 Å². The molecule has 0 aromatic heterocycles. The summed E-state index contributed by atoms with van der Waals surface area (Å²) < 4.78 is 48.7. The van der Waals surface area contributed by atoms with E-state index in [0.29, 0.717) is 12.6 Å². The van der Waals surface area contributed by atoms with Crippen molar-refractivity contribution in [1.82, 2.24) is 10.6 Å². The van der Waals surface area contributed by atoms with Gasteiger partial charge in [0.25, 0.3) is 0 Å². The molecule has 0 bridgehead atoms. The number of aliphatic carboxylic acids is 2. The largest absolute Gasteiger partial charge is 0.481 e. The monoisotopic (exact) mass is 1060 g/mol. The van der Waals surface area contributed by atoms with Crippen molar-refractivity contribution in [2.45, 2.75) is 137 Å². The van der Waals surface area contributed by atoms with Gasteiger partial charge in [-0.1, -0.05) is 55.4 Å². The van der Waals surface area contributed by atoms with E-state index in [2.05, 4.69) is 10.6 Å². The Morgan fingerprint density at radius 2 is 1.04 bits per heavy atom. The van der Waals surface area contributed by atoms with E-state index in [-0.39, 0.29) is 71.7 Å². The Morgan fingerprint density at radius 3 is 1.47 bits per heavy atom. The van der Waals surface area contributed by atoms with Crippen LogP contribution in [0.5, 0.6) is 0 Å². The quantitative estimate of drug-likeness (QED) is 0.0225. The number of carbonyl (C=O) groups excluding carboxylic acids is 8. The Morgan fingerprint density at radius 1 is 0.581 bits per heavy atom. The molecule has 0 spiro atoms. The fraction of sp³-hybridized carbons (Fsp3) is 0.796. The van der Waals surface area contributed by atoms with Gasteiger partial charge in [0, 0.05) is 62.6 Å². The number of carboxylic acids is 2. The summed E-state index contributed by atoms with van der Waals surface area (Å²) in [4.78, 5) is 123. The minimum absolute atomic E-state index is 0.0602. The Hall–Kier alpha value is -5.18. The highest BCUT2D eigenvalue weighted by molar-refractivity contribution is 5.83. The minimum atomic E-state index is -1.35. The summed E-state index contributed by atoms with van der Waals surface area (Å²) in [6.07, 6.45) is -5.81. The molecule has 18 unspecified atom stereocenters. The van der Waals surface area contributed by atoms with Crippen molar-refractivity contribution >= 4 is 60.2 Å². The van der Waals surface area contributed by atoms with Gasteiger partial charge in [0.15, 0.2) is 12.6 Å². The molecule has 18 atom stereocenters. The number of aliphatic hydroxyl groups is 2. The molecule has 6 N–H and O–H groups in total. The summed E-state index contributed by atoms with van der Waals surface area (Å²) in [6, 6.07) is -2.04. The molecule has 2 heterocycles. The number of hydrogen-bond donors (Lipinski definition) is 6. The molecule has 2 rings (SSSR count). The SMILES string of the molecule is COC1OC(COC(=O)C(C)C(C)C(=O)O)C(C)C(O)C1NC(=O)C(C)CC(C=O)CCC(=O)OCCOCCOC(=O)CCC(C(=O)O)C(C)C(=O)OCC1OC(OC)C(NC(=O)C(C)C(C)C=O)C(O)C1C. The van der Waals surface area contributed by atoms with Crippen LogP contribution in [0.25, 0.3) is 0 Å². The first-order chi connectivity index (χ1) is 34.8. The van der Waals surface area contributed by atoms with Crippen LogP contribution in [0.4, 0.5) is 0 Å². The van der Waals surface area contributed by atoms with Crippen LogP contribution in [-0.4, -0.2) is 184 Å². The van der Waals surface area contributed by atoms with Gasteiger partial charge in [-0.15, -0.1) is 0 Å². The standard InChI is InChI=1S/C49H78N2O23/c1-24(42(58)50-38-40(56)30(7)34(73-48(38)66-9)22-71-46(64)28(5)27(4)44(60)61)19-32(21-53)11-13-36(54)69-17-15-68-16-18-70-37(55)14-12-33(45(62)63)29(6)47(65)72-23-35-31(8)41(57)39(49(67-10)74-35)51-43(59)26(3)25(2)20-52/h20-21,24-35,38-41,48-49,56-57H,11-19,22-23H2,1-10H3,(H,50,58)(H,51,59)(H,60,61)(H,62,63). The molecule has 0 aromatic rings. The number of rotatable bonds is 33. The molecule has 74 heavy (non-hydrogen) atoms. The number of ether oxygens (including phenoxy) is 9. The highest BCUT2D eigenvalue weighted by Gasteiger charge is 2.47. The lowest BCUT2D eigenvalue weighted by atomic mass is 9.88. The average molecular weight is 1060 g/mol. The van der Waals surface area contributed by atoms with E-state index < -0.39 is 156 Å². The highest BCUT2D eigenvalue weighted by atomic mass is 16.7. The molecule has 25 heteroatoms. The van der Waals surface area contributed by atoms with Crippen molar-refractivity contribution in [3.63, 3.8) is 0 Å². The van der Waals surface area contributed by atoms with Crippen molar-refractivity contribution in [1.29, 1.82) is 0 Å². The lowest BCUT2D eigenvalue weighted by Gasteiger charge is -2.43. The van der Waals surface area contributed by atoms with Gasteiger partial charge in [-0.2, -0.15) is 0 Å². The summed E-state index contributed by atoms with van der Waals surface area (Å²) in [5.41, 5.74) is 0. The van der Waals surface area contributed by atoms with E-state index in [1.54, 1.807) is 34.6 Å². The van der Waals surface area contributed by atoms with Crippen LogP contribution in [0, 0.1) is 59.2 Å². The van der Waals surface area contributed by atoms with E-state index in [1.165, 1.54) is 35.0 Å². The molecular formula is C49H78N2O23. The first kappa shape index (κ1) is 64.9. The maximum absolute atomic E-state index is 13.2. The third-order valence-electron chi connectivity index (χ3n) is 13.9. The summed E-state index contributed by atoms with van der Waals surface area (Å²) in [6.45, 7) is 10.9. The number of carboxylic acid groups (broad SMARTS) is 2. The average Bonchev–Trinajstić information content (AvgIpc) is 3.37. The van der Waals surface area contributed by atoms with Gasteiger partial charge >= 0.3 is 35.8 Å². The fourth-order valence-electron chi connectivity index (χ4n) is 8.05. The van der Waals surface area contributed by atoms with Crippen LogP contribution in [0.1, 0.15) is 87.5 Å². The number of nitrogens with one attached hydrogen (secondary N) is 2. The molecule has 2 aliphatic heterocycles. The zero-order chi connectivity index (χ0) is 56.0.